The van der Waals surface area contributed by atoms with E-state index >= 15 is 0 Å². The standard InChI is InChI=1S/C21H40N2O2/c1-4-6-7-8-9-10-11-12-13-14-15-25-18-20(24)17-23-19(3)16-22-21(23)5-2/h16,20,24H,4-15,17-18H2,1-3H3. The highest BCUT2D eigenvalue weighted by Crippen LogP contribution is 2.11. The lowest BCUT2D eigenvalue weighted by atomic mass is 10.1. The van der Waals surface area contributed by atoms with Gasteiger partial charge in [0.1, 0.15) is 5.82 Å². The van der Waals surface area contributed by atoms with E-state index in [1.54, 1.807) is 0 Å². The smallest absolute Gasteiger partial charge is 0.108 e. The number of rotatable bonds is 16. The minimum Gasteiger partial charge on any atom is -0.389 e. The van der Waals surface area contributed by atoms with E-state index in [0.717, 1.165) is 31.0 Å². The van der Waals surface area contributed by atoms with Crippen molar-refractivity contribution in [2.45, 2.75) is 104 Å². The Kier molecular flexibility index (Phi) is 12.7. The van der Waals surface area contributed by atoms with Crippen LogP contribution in [0.1, 0.15) is 89.6 Å². The molecule has 0 aliphatic rings. The van der Waals surface area contributed by atoms with Crippen molar-refractivity contribution in [3.8, 4) is 0 Å². The van der Waals surface area contributed by atoms with Crippen LogP contribution in [-0.2, 0) is 17.7 Å². The summed E-state index contributed by atoms with van der Waals surface area (Å²) in [6, 6.07) is 0. The minimum atomic E-state index is -0.457. The molecule has 0 saturated carbocycles. The number of aromatic nitrogens is 2. The van der Waals surface area contributed by atoms with Crippen LogP contribution in [0.25, 0.3) is 0 Å². The molecule has 1 rings (SSSR count). The summed E-state index contributed by atoms with van der Waals surface area (Å²) in [4.78, 5) is 4.36. The maximum atomic E-state index is 10.2. The van der Waals surface area contributed by atoms with Gasteiger partial charge in [0, 0.05) is 24.9 Å². The molecule has 0 spiro atoms. The summed E-state index contributed by atoms with van der Waals surface area (Å²) in [7, 11) is 0. The van der Waals surface area contributed by atoms with E-state index in [1.165, 1.54) is 57.8 Å². The predicted molar refractivity (Wildman–Crippen MR) is 105 cm³/mol. The Morgan fingerprint density at radius 1 is 1.00 bits per heavy atom. The SMILES string of the molecule is CCCCCCCCCCCCOCC(O)Cn1c(C)cnc1CC. The van der Waals surface area contributed by atoms with Crippen LogP contribution in [0.2, 0.25) is 0 Å². The van der Waals surface area contributed by atoms with E-state index in [0.29, 0.717) is 13.2 Å². The van der Waals surface area contributed by atoms with E-state index in [2.05, 4.69) is 23.4 Å². The number of unbranched alkanes of at least 4 members (excludes halogenated alkanes) is 9. The molecule has 0 fully saturated rings. The van der Waals surface area contributed by atoms with Crippen molar-refractivity contribution in [3.05, 3.63) is 17.7 Å². The Balaban J connectivity index is 1.95. The number of ether oxygens (including phenoxy) is 1. The largest absolute Gasteiger partial charge is 0.389 e. The van der Waals surface area contributed by atoms with Gasteiger partial charge >= 0.3 is 0 Å². The van der Waals surface area contributed by atoms with Crippen LogP contribution >= 0.6 is 0 Å². The van der Waals surface area contributed by atoms with Gasteiger partial charge in [-0.15, -0.1) is 0 Å². The highest BCUT2D eigenvalue weighted by Gasteiger charge is 2.10. The maximum absolute atomic E-state index is 10.2. The lowest BCUT2D eigenvalue weighted by Gasteiger charge is -2.15. The fourth-order valence-electron chi connectivity index (χ4n) is 3.22. The number of hydrogen-bond acceptors (Lipinski definition) is 3. The second-order valence-electron chi connectivity index (χ2n) is 7.19. The molecule has 25 heavy (non-hydrogen) atoms. The summed E-state index contributed by atoms with van der Waals surface area (Å²) in [6.45, 7) is 8.14. The first-order valence-corrected chi connectivity index (χ1v) is 10.5. The van der Waals surface area contributed by atoms with Gasteiger partial charge in [-0.05, 0) is 13.3 Å². The number of aliphatic hydroxyl groups is 1. The van der Waals surface area contributed by atoms with Crippen LogP contribution in [-0.4, -0.2) is 34.0 Å². The third-order valence-corrected chi connectivity index (χ3v) is 4.80. The molecule has 1 atom stereocenters. The molecule has 0 amide bonds. The molecule has 4 heteroatoms. The lowest BCUT2D eigenvalue weighted by Crippen LogP contribution is -2.24. The molecule has 1 aromatic rings. The Morgan fingerprint density at radius 3 is 2.20 bits per heavy atom. The summed E-state index contributed by atoms with van der Waals surface area (Å²) < 4.78 is 7.74. The summed E-state index contributed by atoms with van der Waals surface area (Å²) in [5.74, 6) is 1.03. The van der Waals surface area contributed by atoms with Crippen LogP contribution in [0.4, 0.5) is 0 Å². The van der Waals surface area contributed by atoms with Gasteiger partial charge in [0.05, 0.1) is 19.3 Å². The molecule has 0 saturated heterocycles. The average Bonchev–Trinajstić information content (AvgIpc) is 2.96. The van der Waals surface area contributed by atoms with Crippen molar-refractivity contribution in [1.29, 1.82) is 0 Å². The molecule has 0 aliphatic carbocycles. The lowest BCUT2D eigenvalue weighted by molar-refractivity contribution is 0.0260. The zero-order valence-corrected chi connectivity index (χ0v) is 16.8. The van der Waals surface area contributed by atoms with Gasteiger partial charge in [-0.25, -0.2) is 4.98 Å². The zero-order valence-electron chi connectivity index (χ0n) is 16.8. The van der Waals surface area contributed by atoms with Crippen molar-refractivity contribution >= 4 is 0 Å². The Bertz CT molecular complexity index is 432. The number of aliphatic hydroxyl groups excluding tert-OH is 1. The number of imidazole rings is 1. The third kappa shape index (κ3) is 10.0. The summed E-state index contributed by atoms with van der Waals surface area (Å²) in [5.41, 5.74) is 1.10. The van der Waals surface area contributed by atoms with Crippen molar-refractivity contribution in [2.24, 2.45) is 0 Å². The van der Waals surface area contributed by atoms with Gasteiger partial charge in [-0.2, -0.15) is 0 Å². The van der Waals surface area contributed by atoms with Gasteiger partial charge in [-0.3, -0.25) is 0 Å². The second-order valence-corrected chi connectivity index (χ2v) is 7.19. The van der Waals surface area contributed by atoms with E-state index in [1.807, 2.05) is 13.1 Å². The van der Waals surface area contributed by atoms with Gasteiger partial charge in [0.15, 0.2) is 0 Å². The number of aryl methyl sites for hydroxylation is 2. The Morgan fingerprint density at radius 2 is 1.60 bits per heavy atom. The molecule has 4 nitrogen and oxygen atoms in total. The fraction of sp³-hybridized carbons (Fsp3) is 0.857. The van der Waals surface area contributed by atoms with Crippen LogP contribution < -0.4 is 0 Å². The highest BCUT2D eigenvalue weighted by atomic mass is 16.5. The van der Waals surface area contributed by atoms with Crippen LogP contribution in [0.15, 0.2) is 6.20 Å². The van der Waals surface area contributed by atoms with E-state index < -0.39 is 6.10 Å². The summed E-state index contributed by atoms with van der Waals surface area (Å²) in [5, 5.41) is 10.2. The molecule has 0 aromatic carbocycles. The monoisotopic (exact) mass is 352 g/mol. The first-order chi connectivity index (χ1) is 12.2. The van der Waals surface area contributed by atoms with Crippen LogP contribution in [0, 0.1) is 6.92 Å². The predicted octanol–water partition coefficient (Wildman–Crippen LogP) is 5.05. The van der Waals surface area contributed by atoms with Crippen LogP contribution in [0.3, 0.4) is 0 Å². The Labute approximate surface area is 155 Å². The molecule has 1 N–H and O–H groups in total. The quantitative estimate of drug-likeness (QED) is 0.423. The van der Waals surface area contributed by atoms with Crippen molar-refractivity contribution < 1.29 is 9.84 Å². The molecular weight excluding hydrogens is 312 g/mol. The first kappa shape index (κ1) is 22.2. The molecule has 0 aliphatic heterocycles. The topological polar surface area (TPSA) is 47.3 Å². The van der Waals surface area contributed by atoms with Gasteiger partial charge in [-0.1, -0.05) is 71.6 Å². The average molecular weight is 353 g/mol. The number of hydrogen-bond donors (Lipinski definition) is 1. The molecule has 1 aromatic heterocycles. The molecule has 146 valence electrons. The van der Waals surface area contributed by atoms with Crippen molar-refractivity contribution in [2.75, 3.05) is 13.2 Å². The molecule has 1 heterocycles. The summed E-state index contributed by atoms with van der Waals surface area (Å²) >= 11 is 0. The summed E-state index contributed by atoms with van der Waals surface area (Å²) in [6.07, 6.45) is 15.6. The Hall–Kier alpha value is -0.870. The normalized spacial score (nSPS) is 12.6. The maximum Gasteiger partial charge on any atom is 0.108 e. The minimum absolute atomic E-state index is 0.415. The van der Waals surface area contributed by atoms with E-state index in [4.69, 9.17) is 4.74 Å². The van der Waals surface area contributed by atoms with Gasteiger partial charge in [0.2, 0.25) is 0 Å². The number of nitrogens with zero attached hydrogens (tertiary/aromatic N) is 2. The molecule has 0 radical (unpaired) electrons. The fourth-order valence-corrected chi connectivity index (χ4v) is 3.22. The molecular formula is C21H40N2O2. The highest BCUT2D eigenvalue weighted by molar-refractivity contribution is 5.03. The van der Waals surface area contributed by atoms with Gasteiger partial charge < -0.3 is 14.4 Å². The molecule has 1 unspecified atom stereocenters. The first-order valence-electron chi connectivity index (χ1n) is 10.5. The second kappa shape index (κ2) is 14.3. The van der Waals surface area contributed by atoms with Crippen molar-refractivity contribution in [3.63, 3.8) is 0 Å². The van der Waals surface area contributed by atoms with E-state index in [-0.39, 0.29) is 0 Å². The zero-order chi connectivity index (χ0) is 18.3. The molecule has 0 bridgehead atoms. The van der Waals surface area contributed by atoms with Crippen LogP contribution in [0.5, 0.6) is 0 Å². The van der Waals surface area contributed by atoms with E-state index in [9.17, 15) is 5.11 Å². The van der Waals surface area contributed by atoms with Gasteiger partial charge in [0.25, 0.3) is 0 Å². The third-order valence-electron chi connectivity index (χ3n) is 4.80. The van der Waals surface area contributed by atoms with Crippen molar-refractivity contribution in [1.82, 2.24) is 9.55 Å².